The van der Waals surface area contributed by atoms with Gasteiger partial charge >= 0.3 is 0 Å². The van der Waals surface area contributed by atoms with Crippen LogP contribution in [-0.4, -0.2) is 23.8 Å². The van der Waals surface area contributed by atoms with Gasteiger partial charge in [-0.3, -0.25) is 4.98 Å². The first-order valence-corrected chi connectivity index (χ1v) is 6.96. The zero-order valence-corrected chi connectivity index (χ0v) is 9.40. The summed E-state index contributed by atoms with van der Waals surface area (Å²) in [5.74, 6) is 3.18. The predicted molar refractivity (Wildman–Crippen MR) is 61.2 cm³/mol. The van der Waals surface area contributed by atoms with Crippen molar-refractivity contribution in [3.63, 3.8) is 0 Å². The summed E-state index contributed by atoms with van der Waals surface area (Å²) in [5.41, 5.74) is 2.25. The van der Waals surface area contributed by atoms with Crippen molar-refractivity contribution >= 4 is 10.0 Å². The summed E-state index contributed by atoms with van der Waals surface area (Å²) in [6.45, 7) is 2.06. The summed E-state index contributed by atoms with van der Waals surface area (Å²) in [5, 5.41) is 3.27. The number of aryl methyl sites for hydroxylation is 1. The minimum Gasteiger partial charge on any atom is -0.263 e. The summed E-state index contributed by atoms with van der Waals surface area (Å²) < 4.78 is 0. The molecule has 0 saturated heterocycles. The molecular formula is C11H15NS. The number of pyridine rings is 1. The van der Waals surface area contributed by atoms with Crippen molar-refractivity contribution in [1.82, 2.24) is 4.98 Å². The van der Waals surface area contributed by atoms with E-state index in [-0.39, 0.29) is 0 Å². The monoisotopic (exact) mass is 193 g/mol. The maximum absolute atomic E-state index is 4.05. The molecule has 1 rings (SSSR count). The Morgan fingerprint density at radius 1 is 1.31 bits per heavy atom. The highest BCUT2D eigenvalue weighted by Crippen LogP contribution is 2.32. The minimum absolute atomic E-state index is 0.728. The smallest absolute Gasteiger partial charge is 0.0466 e. The lowest BCUT2D eigenvalue weighted by atomic mass is 10.2. The van der Waals surface area contributed by atoms with Crippen molar-refractivity contribution in [2.45, 2.75) is 6.92 Å². The van der Waals surface area contributed by atoms with Gasteiger partial charge in [-0.2, -0.15) is 10.0 Å². The molecule has 1 heterocycles. The molecule has 70 valence electrons. The third-order valence-electron chi connectivity index (χ3n) is 1.53. The fraction of sp³-hybridized carbons (Fsp3) is 0.364. The Labute approximate surface area is 81.9 Å². The molecule has 0 aliphatic carbocycles. The highest BCUT2D eigenvalue weighted by Gasteiger charge is 1.97. The van der Waals surface area contributed by atoms with Gasteiger partial charge in [0.15, 0.2) is 0 Å². The Hall–Kier alpha value is -0.940. The molecule has 1 aromatic rings. The maximum Gasteiger partial charge on any atom is 0.0466 e. The van der Waals surface area contributed by atoms with Crippen LogP contribution in [0.3, 0.4) is 0 Å². The number of aromatic nitrogens is 1. The lowest BCUT2D eigenvalue weighted by molar-refractivity contribution is 1.27. The van der Waals surface area contributed by atoms with E-state index in [0.29, 0.717) is 0 Å². The number of hydrogen-bond acceptors (Lipinski definition) is 1. The highest BCUT2D eigenvalue weighted by atomic mass is 32.3. The fourth-order valence-corrected chi connectivity index (χ4v) is 1.22. The van der Waals surface area contributed by atoms with Crippen LogP contribution < -0.4 is 0 Å². The molecule has 0 unspecified atom stereocenters. The molecule has 0 saturated carbocycles. The molecule has 1 aromatic heterocycles. The normalized spacial score (nSPS) is 11.7. The second-order valence-corrected chi connectivity index (χ2v) is 7.63. The van der Waals surface area contributed by atoms with Gasteiger partial charge in [0.25, 0.3) is 0 Å². The van der Waals surface area contributed by atoms with Crippen molar-refractivity contribution in [2.24, 2.45) is 0 Å². The van der Waals surface area contributed by atoms with Gasteiger partial charge in [-0.15, -0.1) is 0 Å². The van der Waals surface area contributed by atoms with E-state index in [9.17, 15) is 0 Å². The van der Waals surface area contributed by atoms with Crippen LogP contribution >= 0.6 is 10.0 Å². The van der Waals surface area contributed by atoms with E-state index in [1.54, 1.807) is 6.20 Å². The summed E-state index contributed by atoms with van der Waals surface area (Å²) in [4.78, 5) is 4.05. The zero-order chi connectivity index (χ0) is 9.90. The van der Waals surface area contributed by atoms with Crippen molar-refractivity contribution in [3.05, 3.63) is 29.6 Å². The first kappa shape index (κ1) is 10.1. The van der Waals surface area contributed by atoms with Gasteiger partial charge in [0.1, 0.15) is 0 Å². The Balaban J connectivity index is 2.97. The predicted octanol–water partition coefficient (Wildman–Crippen LogP) is 2.39. The fourth-order valence-electron chi connectivity index (χ4n) is 0.803. The average molecular weight is 193 g/mol. The Morgan fingerprint density at radius 3 is 2.54 bits per heavy atom. The summed E-state index contributed by atoms with van der Waals surface area (Å²) in [7, 11) is -0.728. The van der Waals surface area contributed by atoms with Crippen LogP contribution in [0.25, 0.3) is 0 Å². The zero-order valence-electron chi connectivity index (χ0n) is 8.59. The van der Waals surface area contributed by atoms with Gasteiger partial charge in [0, 0.05) is 18.0 Å². The van der Waals surface area contributed by atoms with Gasteiger partial charge < -0.3 is 0 Å². The van der Waals surface area contributed by atoms with Crippen molar-refractivity contribution in [2.75, 3.05) is 18.8 Å². The van der Waals surface area contributed by atoms with Gasteiger partial charge in [-0.1, -0.05) is 5.92 Å². The number of rotatable bonds is 0. The Morgan fingerprint density at radius 2 is 2.00 bits per heavy atom. The molecule has 0 amide bonds. The van der Waals surface area contributed by atoms with E-state index in [1.807, 2.05) is 12.3 Å². The van der Waals surface area contributed by atoms with Crippen LogP contribution in [0.4, 0.5) is 0 Å². The summed E-state index contributed by atoms with van der Waals surface area (Å²) >= 11 is 0. The quantitative estimate of drug-likeness (QED) is 0.577. The molecule has 0 bridgehead atoms. The van der Waals surface area contributed by atoms with E-state index >= 15 is 0 Å². The van der Waals surface area contributed by atoms with Crippen LogP contribution in [0.1, 0.15) is 11.1 Å². The van der Waals surface area contributed by atoms with Crippen molar-refractivity contribution in [3.8, 4) is 11.2 Å². The third-order valence-corrected chi connectivity index (χ3v) is 2.25. The second-order valence-electron chi connectivity index (χ2n) is 3.75. The Bertz CT molecular complexity index is 352. The van der Waals surface area contributed by atoms with E-state index < -0.39 is 10.0 Å². The van der Waals surface area contributed by atoms with E-state index in [1.165, 1.54) is 5.56 Å². The third kappa shape index (κ3) is 3.52. The molecule has 13 heavy (non-hydrogen) atoms. The van der Waals surface area contributed by atoms with Crippen molar-refractivity contribution < 1.29 is 0 Å². The van der Waals surface area contributed by atoms with Gasteiger partial charge in [0.05, 0.1) is 0 Å². The number of nitrogens with zero attached hydrogens (tertiary/aromatic N) is 1. The first-order valence-electron chi connectivity index (χ1n) is 4.11. The maximum atomic E-state index is 4.05. The Kier molecular flexibility index (Phi) is 3.00. The molecule has 0 aliphatic heterocycles. The molecule has 0 spiro atoms. The highest BCUT2D eigenvalue weighted by molar-refractivity contribution is 8.35. The molecule has 0 aromatic carbocycles. The van der Waals surface area contributed by atoms with E-state index in [0.717, 1.165) is 5.56 Å². The molecule has 0 N–H and O–H groups in total. The van der Waals surface area contributed by atoms with Gasteiger partial charge in [-0.25, -0.2) is 0 Å². The lowest BCUT2D eigenvalue weighted by Crippen LogP contribution is -1.87. The van der Waals surface area contributed by atoms with E-state index in [4.69, 9.17) is 0 Å². The average Bonchev–Trinajstić information content (AvgIpc) is 2.01. The topological polar surface area (TPSA) is 12.9 Å². The summed E-state index contributed by atoms with van der Waals surface area (Å²) in [6.07, 6.45) is 10.2. The molecular weight excluding hydrogens is 178 g/mol. The van der Waals surface area contributed by atoms with E-state index in [2.05, 4.69) is 41.8 Å². The molecule has 2 heteroatoms. The molecule has 0 atom stereocenters. The van der Waals surface area contributed by atoms with Gasteiger partial charge in [0.2, 0.25) is 0 Å². The largest absolute Gasteiger partial charge is 0.263 e. The SMILES string of the molecule is Cc1ccncc1C#CS(C)(C)C. The molecule has 0 radical (unpaired) electrons. The standard InChI is InChI=1S/C11H15NS/c1-10-5-7-12-9-11(10)6-8-13(2,3)4/h5,7,9H,1-4H3. The van der Waals surface area contributed by atoms with Crippen LogP contribution in [0.5, 0.6) is 0 Å². The van der Waals surface area contributed by atoms with Gasteiger partial charge in [-0.05, 0) is 42.6 Å². The van der Waals surface area contributed by atoms with Crippen LogP contribution in [-0.2, 0) is 0 Å². The summed E-state index contributed by atoms with van der Waals surface area (Å²) in [6, 6.07) is 1.99. The molecule has 1 nitrogen and oxygen atoms in total. The van der Waals surface area contributed by atoms with Crippen LogP contribution in [0.15, 0.2) is 18.5 Å². The molecule has 0 aliphatic rings. The molecule has 0 fully saturated rings. The second kappa shape index (κ2) is 3.85. The lowest BCUT2D eigenvalue weighted by Gasteiger charge is -2.14. The van der Waals surface area contributed by atoms with Crippen molar-refractivity contribution in [1.29, 1.82) is 0 Å². The minimum atomic E-state index is -0.728. The first-order chi connectivity index (χ1) is 5.99. The van der Waals surface area contributed by atoms with Crippen LogP contribution in [0.2, 0.25) is 0 Å². The number of hydrogen-bond donors (Lipinski definition) is 0. The van der Waals surface area contributed by atoms with Crippen LogP contribution in [0, 0.1) is 18.1 Å².